The smallest absolute Gasteiger partial charge is 0.322 e. The SMILES string of the molecule is COC(=O)[C@H](N)Cc1ccc(O)cc1F. The van der Waals surface area contributed by atoms with E-state index in [9.17, 15) is 9.18 Å². The van der Waals surface area contributed by atoms with Crippen molar-refractivity contribution in [2.45, 2.75) is 12.5 Å². The zero-order valence-corrected chi connectivity index (χ0v) is 8.24. The highest BCUT2D eigenvalue weighted by Crippen LogP contribution is 2.16. The van der Waals surface area contributed by atoms with Crippen LogP contribution in [0, 0.1) is 5.82 Å². The molecule has 3 N–H and O–H groups in total. The van der Waals surface area contributed by atoms with E-state index in [1.165, 1.54) is 19.2 Å². The van der Waals surface area contributed by atoms with Gasteiger partial charge in [-0.25, -0.2) is 4.39 Å². The molecule has 0 saturated carbocycles. The first kappa shape index (κ1) is 11.5. The van der Waals surface area contributed by atoms with Gasteiger partial charge in [-0.05, 0) is 11.6 Å². The lowest BCUT2D eigenvalue weighted by Crippen LogP contribution is -2.33. The van der Waals surface area contributed by atoms with Gasteiger partial charge in [0.15, 0.2) is 0 Å². The van der Waals surface area contributed by atoms with Gasteiger partial charge < -0.3 is 15.6 Å². The van der Waals surface area contributed by atoms with Crippen molar-refractivity contribution in [3.63, 3.8) is 0 Å². The molecule has 0 aromatic heterocycles. The van der Waals surface area contributed by atoms with Gasteiger partial charge in [0.25, 0.3) is 0 Å². The van der Waals surface area contributed by atoms with Crippen LogP contribution < -0.4 is 5.73 Å². The number of aromatic hydroxyl groups is 1. The van der Waals surface area contributed by atoms with E-state index in [4.69, 9.17) is 10.8 Å². The molecule has 0 bridgehead atoms. The summed E-state index contributed by atoms with van der Waals surface area (Å²) in [5.74, 6) is -1.35. The van der Waals surface area contributed by atoms with Gasteiger partial charge in [-0.2, -0.15) is 0 Å². The third-order valence-electron chi connectivity index (χ3n) is 1.98. The van der Waals surface area contributed by atoms with E-state index in [-0.39, 0.29) is 17.7 Å². The van der Waals surface area contributed by atoms with Crippen LogP contribution in [0.5, 0.6) is 5.75 Å². The van der Waals surface area contributed by atoms with E-state index in [1.807, 2.05) is 0 Å². The number of rotatable bonds is 3. The highest BCUT2D eigenvalue weighted by molar-refractivity contribution is 5.75. The Bertz CT molecular complexity index is 368. The van der Waals surface area contributed by atoms with Crippen LogP contribution in [0.1, 0.15) is 5.56 Å². The van der Waals surface area contributed by atoms with Crippen molar-refractivity contribution < 1.29 is 19.0 Å². The Morgan fingerprint density at radius 3 is 2.87 bits per heavy atom. The summed E-state index contributed by atoms with van der Waals surface area (Å²) in [5, 5.41) is 8.96. The lowest BCUT2D eigenvalue weighted by atomic mass is 10.1. The maximum Gasteiger partial charge on any atom is 0.322 e. The van der Waals surface area contributed by atoms with E-state index >= 15 is 0 Å². The number of hydrogen-bond acceptors (Lipinski definition) is 4. The molecule has 0 amide bonds. The molecule has 1 atom stereocenters. The van der Waals surface area contributed by atoms with Crippen molar-refractivity contribution in [1.29, 1.82) is 0 Å². The Kier molecular flexibility index (Phi) is 3.62. The van der Waals surface area contributed by atoms with Crippen molar-refractivity contribution in [2.24, 2.45) is 5.73 Å². The third-order valence-corrected chi connectivity index (χ3v) is 1.98. The molecule has 1 rings (SSSR count). The number of phenolic OH excluding ortho intramolecular Hbond substituents is 1. The monoisotopic (exact) mass is 213 g/mol. The molecule has 0 aliphatic rings. The number of esters is 1. The van der Waals surface area contributed by atoms with Crippen molar-refractivity contribution in [3.8, 4) is 5.75 Å². The predicted octanol–water partition coefficient (Wildman–Crippen LogP) is 0.574. The molecule has 5 heteroatoms. The van der Waals surface area contributed by atoms with Gasteiger partial charge in [0.2, 0.25) is 0 Å². The molecule has 0 radical (unpaired) electrons. The second-order valence-electron chi connectivity index (χ2n) is 3.11. The molecule has 4 nitrogen and oxygen atoms in total. The third kappa shape index (κ3) is 2.92. The molecule has 1 aromatic rings. The van der Waals surface area contributed by atoms with Crippen LogP contribution in [-0.2, 0) is 16.0 Å². The van der Waals surface area contributed by atoms with Crippen LogP contribution in [0.2, 0.25) is 0 Å². The van der Waals surface area contributed by atoms with Crippen LogP contribution in [0.15, 0.2) is 18.2 Å². The molecule has 0 heterocycles. The molecule has 0 spiro atoms. The van der Waals surface area contributed by atoms with Gasteiger partial charge in [-0.15, -0.1) is 0 Å². The zero-order valence-electron chi connectivity index (χ0n) is 8.24. The van der Waals surface area contributed by atoms with Crippen LogP contribution >= 0.6 is 0 Å². The molecule has 1 aromatic carbocycles. The fourth-order valence-electron chi connectivity index (χ4n) is 1.17. The van der Waals surface area contributed by atoms with E-state index < -0.39 is 17.8 Å². The summed E-state index contributed by atoms with van der Waals surface area (Å²) < 4.78 is 17.6. The summed E-state index contributed by atoms with van der Waals surface area (Å²) in [7, 11) is 1.22. The summed E-state index contributed by atoms with van der Waals surface area (Å²) in [4.78, 5) is 11.0. The first-order valence-corrected chi connectivity index (χ1v) is 4.35. The first-order chi connectivity index (χ1) is 7.04. The Hall–Kier alpha value is -1.62. The lowest BCUT2D eigenvalue weighted by Gasteiger charge is -2.09. The largest absolute Gasteiger partial charge is 0.508 e. The fourth-order valence-corrected chi connectivity index (χ4v) is 1.17. The van der Waals surface area contributed by atoms with E-state index in [0.717, 1.165) is 6.07 Å². The van der Waals surface area contributed by atoms with Crippen LogP contribution in [0.3, 0.4) is 0 Å². The number of carbonyl (C=O) groups is 1. The minimum absolute atomic E-state index is 0.0405. The molecular weight excluding hydrogens is 201 g/mol. The van der Waals surface area contributed by atoms with Gasteiger partial charge >= 0.3 is 5.97 Å². The van der Waals surface area contributed by atoms with E-state index in [1.54, 1.807) is 0 Å². The molecule has 0 aliphatic carbocycles. The van der Waals surface area contributed by atoms with Crippen molar-refractivity contribution >= 4 is 5.97 Å². The van der Waals surface area contributed by atoms with Crippen molar-refractivity contribution in [2.75, 3.05) is 7.11 Å². The molecule has 0 aliphatic heterocycles. The number of ether oxygens (including phenoxy) is 1. The summed E-state index contributed by atoms with van der Waals surface area (Å²) in [5.41, 5.74) is 5.73. The maximum absolute atomic E-state index is 13.2. The van der Waals surface area contributed by atoms with Crippen molar-refractivity contribution in [1.82, 2.24) is 0 Å². The first-order valence-electron chi connectivity index (χ1n) is 4.35. The number of benzene rings is 1. The number of nitrogens with two attached hydrogens (primary N) is 1. The Balaban J connectivity index is 2.76. The molecule has 0 fully saturated rings. The quantitative estimate of drug-likeness (QED) is 0.720. The van der Waals surface area contributed by atoms with Crippen LogP contribution in [-0.4, -0.2) is 24.2 Å². The second kappa shape index (κ2) is 4.75. The van der Waals surface area contributed by atoms with Crippen LogP contribution in [0.4, 0.5) is 4.39 Å². The van der Waals surface area contributed by atoms with Gasteiger partial charge in [0.1, 0.15) is 17.6 Å². The number of halogens is 1. The lowest BCUT2D eigenvalue weighted by molar-refractivity contribution is -0.142. The minimum Gasteiger partial charge on any atom is -0.508 e. The summed E-state index contributed by atoms with van der Waals surface area (Å²) in [6, 6.07) is 2.80. The van der Waals surface area contributed by atoms with Gasteiger partial charge in [0.05, 0.1) is 7.11 Å². The number of carbonyl (C=O) groups excluding carboxylic acids is 1. The normalized spacial score (nSPS) is 12.2. The molecular formula is C10H12FNO3. The van der Waals surface area contributed by atoms with E-state index in [2.05, 4.69) is 4.74 Å². The van der Waals surface area contributed by atoms with Gasteiger partial charge in [0, 0.05) is 12.5 Å². The van der Waals surface area contributed by atoms with E-state index in [0.29, 0.717) is 0 Å². The number of methoxy groups -OCH3 is 1. The summed E-state index contributed by atoms with van der Waals surface area (Å²) in [6.07, 6.45) is 0.0405. The minimum atomic E-state index is -0.894. The Labute approximate surface area is 86.5 Å². The summed E-state index contributed by atoms with van der Waals surface area (Å²) >= 11 is 0. The maximum atomic E-state index is 13.2. The molecule has 15 heavy (non-hydrogen) atoms. The van der Waals surface area contributed by atoms with Gasteiger partial charge in [-0.1, -0.05) is 6.07 Å². The average Bonchev–Trinajstić information content (AvgIpc) is 2.20. The fraction of sp³-hybridized carbons (Fsp3) is 0.300. The molecule has 82 valence electrons. The second-order valence-corrected chi connectivity index (χ2v) is 3.11. The standard InChI is InChI=1S/C10H12FNO3/c1-15-10(14)9(12)4-6-2-3-7(13)5-8(6)11/h2-3,5,9,13H,4,12H2,1H3/t9-/m1/s1. The number of phenols is 1. The molecule has 0 unspecified atom stereocenters. The van der Waals surface area contributed by atoms with Crippen LogP contribution in [0.25, 0.3) is 0 Å². The summed E-state index contributed by atoms with van der Waals surface area (Å²) in [6.45, 7) is 0. The Morgan fingerprint density at radius 1 is 1.67 bits per heavy atom. The molecule has 0 saturated heterocycles. The highest BCUT2D eigenvalue weighted by atomic mass is 19.1. The average molecular weight is 213 g/mol. The number of hydrogen-bond donors (Lipinski definition) is 2. The zero-order chi connectivity index (χ0) is 11.4. The van der Waals surface area contributed by atoms with Gasteiger partial charge in [-0.3, -0.25) is 4.79 Å². The highest BCUT2D eigenvalue weighted by Gasteiger charge is 2.16. The Morgan fingerprint density at radius 2 is 2.33 bits per heavy atom. The topological polar surface area (TPSA) is 72.5 Å². The van der Waals surface area contributed by atoms with Crippen molar-refractivity contribution in [3.05, 3.63) is 29.6 Å². The predicted molar refractivity (Wildman–Crippen MR) is 51.8 cm³/mol.